The van der Waals surface area contributed by atoms with E-state index >= 15 is 0 Å². The molecule has 0 spiro atoms. The van der Waals surface area contributed by atoms with Crippen LogP contribution < -0.4 is 0 Å². The van der Waals surface area contributed by atoms with Crippen LogP contribution in [0.15, 0.2) is 6.07 Å². The summed E-state index contributed by atoms with van der Waals surface area (Å²) in [5, 5.41) is 17.1. The summed E-state index contributed by atoms with van der Waals surface area (Å²) < 4.78 is 36.8. The van der Waals surface area contributed by atoms with Gasteiger partial charge in [-0.1, -0.05) is 0 Å². The van der Waals surface area contributed by atoms with Crippen molar-refractivity contribution < 1.29 is 28.2 Å². The summed E-state index contributed by atoms with van der Waals surface area (Å²) in [6.07, 6.45) is -3.16. The Morgan fingerprint density at radius 3 is 2.50 bits per heavy atom. The number of nitrogens with zero attached hydrogens (tertiary/aromatic N) is 1. The van der Waals surface area contributed by atoms with Gasteiger partial charge >= 0.3 is 5.97 Å². The van der Waals surface area contributed by atoms with Gasteiger partial charge in [0.25, 0.3) is 6.43 Å². The maximum Gasteiger partial charge on any atom is 0.357 e. The number of carboxylic acids is 1. The fourth-order valence-corrected chi connectivity index (χ4v) is 0.804. The van der Waals surface area contributed by atoms with E-state index < -0.39 is 35.3 Å². The topological polar surface area (TPSA) is 70.4 Å². The monoisotopic (exact) mass is 207 g/mol. The Labute approximate surface area is 75.6 Å². The van der Waals surface area contributed by atoms with E-state index in [1.807, 2.05) is 0 Å². The third-order valence-electron chi connectivity index (χ3n) is 1.39. The molecule has 0 saturated carbocycles. The summed E-state index contributed by atoms with van der Waals surface area (Å²) in [6.45, 7) is 0. The predicted octanol–water partition coefficient (Wildman–Crippen LogP) is 1.56. The van der Waals surface area contributed by atoms with Gasteiger partial charge in [0.15, 0.2) is 11.5 Å². The minimum atomic E-state index is -3.16. The predicted molar refractivity (Wildman–Crippen MR) is 37.8 cm³/mol. The molecule has 0 amide bonds. The Morgan fingerprint density at radius 2 is 2.07 bits per heavy atom. The molecule has 0 radical (unpaired) electrons. The maximum atomic E-state index is 12.7. The van der Waals surface area contributed by atoms with Crippen molar-refractivity contribution in [3.63, 3.8) is 0 Å². The van der Waals surface area contributed by atoms with Crippen molar-refractivity contribution in [2.75, 3.05) is 0 Å². The lowest BCUT2D eigenvalue weighted by Crippen LogP contribution is -2.07. The van der Waals surface area contributed by atoms with Crippen molar-refractivity contribution >= 4 is 5.97 Å². The number of rotatable bonds is 2. The average molecular weight is 207 g/mol. The van der Waals surface area contributed by atoms with E-state index in [1.165, 1.54) is 0 Å². The summed E-state index contributed by atoms with van der Waals surface area (Å²) in [5.41, 5.74) is -2.29. The summed E-state index contributed by atoms with van der Waals surface area (Å²) >= 11 is 0. The molecule has 0 aliphatic heterocycles. The van der Waals surface area contributed by atoms with E-state index in [0.29, 0.717) is 0 Å². The van der Waals surface area contributed by atoms with Gasteiger partial charge in [0.1, 0.15) is 11.4 Å². The summed E-state index contributed by atoms with van der Waals surface area (Å²) in [7, 11) is 0. The second-order valence-corrected chi connectivity index (χ2v) is 2.33. The molecule has 1 heterocycles. The van der Waals surface area contributed by atoms with Gasteiger partial charge in [0, 0.05) is 6.07 Å². The molecule has 0 aromatic carbocycles. The van der Waals surface area contributed by atoms with Crippen molar-refractivity contribution in [2.45, 2.75) is 6.43 Å². The van der Waals surface area contributed by atoms with Crippen LogP contribution in [0.4, 0.5) is 13.2 Å². The van der Waals surface area contributed by atoms with E-state index in [4.69, 9.17) is 10.2 Å². The van der Waals surface area contributed by atoms with Gasteiger partial charge in [-0.05, 0) is 0 Å². The number of pyridine rings is 1. The number of carboxylic acid groups (broad SMARTS) is 1. The van der Waals surface area contributed by atoms with Gasteiger partial charge in [-0.3, -0.25) is 0 Å². The van der Waals surface area contributed by atoms with E-state index in [2.05, 4.69) is 4.98 Å². The van der Waals surface area contributed by atoms with Crippen LogP contribution in [0.1, 0.15) is 22.6 Å². The third kappa shape index (κ3) is 1.76. The number of alkyl halides is 2. The van der Waals surface area contributed by atoms with Gasteiger partial charge in [-0.15, -0.1) is 0 Å². The Morgan fingerprint density at radius 1 is 1.50 bits per heavy atom. The molecule has 0 saturated heterocycles. The highest BCUT2D eigenvalue weighted by atomic mass is 19.3. The van der Waals surface area contributed by atoms with Crippen molar-refractivity contribution in [1.82, 2.24) is 4.98 Å². The molecule has 14 heavy (non-hydrogen) atoms. The SMILES string of the molecule is O=C(O)c1nc(C(F)F)c(O)cc1F. The van der Waals surface area contributed by atoms with Gasteiger partial charge in [0.2, 0.25) is 0 Å². The van der Waals surface area contributed by atoms with Crippen LogP contribution >= 0.6 is 0 Å². The van der Waals surface area contributed by atoms with Crippen LogP contribution in [-0.4, -0.2) is 21.2 Å². The van der Waals surface area contributed by atoms with Crippen LogP contribution in [0, 0.1) is 5.82 Å². The fraction of sp³-hybridized carbons (Fsp3) is 0.143. The van der Waals surface area contributed by atoms with Gasteiger partial charge in [-0.25, -0.2) is 22.9 Å². The molecule has 0 aliphatic carbocycles. The largest absolute Gasteiger partial charge is 0.506 e. The number of aromatic hydroxyl groups is 1. The molecule has 4 nitrogen and oxygen atoms in total. The second-order valence-electron chi connectivity index (χ2n) is 2.33. The summed E-state index contributed by atoms with van der Waals surface area (Å²) in [5.74, 6) is -4.20. The molecular formula is C7H4F3NO3. The van der Waals surface area contributed by atoms with Gasteiger partial charge in [-0.2, -0.15) is 0 Å². The Balaban J connectivity index is 3.34. The molecule has 1 rings (SSSR count). The Kier molecular flexibility index (Phi) is 2.59. The first-order chi connectivity index (χ1) is 6.43. The maximum absolute atomic E-state index is 12.7. The smallest absolute Gasteiger partial charge is 0.357 e. The number of aromatic carboxylic acids is 1. The summed E-state index contributed by atoms with van der Waals surface area (Å²) in [4.78, 5) is 13.1. The van der Waals surface area contributed by atoms with E-state index in [-0.39, 0.29) is 6.07 Å². The molecule has 7 heteroatoms. The van der Waals surface area contributed by atoms with Crippen LogP contribution in [-0.2, 0) is 0 Å². The number of hydrogen-bond donors (Lipinski definition) is 2. The minimum Gasteiger partial charge on any atom is -0.506 e. The quantitative estimate of drug-likeness (QED) is 0.771. The molecule has 1 aromatic rings. The van der Waals surface area contributed by atoms with Crippen LogP contribution in [0.2, 0.25) is 0 Å². The molecule has 0 unspecified atom stereocenters. The zero-order valence-electron chi connectivity index (χ0n) is 6.54. The first-order valence-corrected chi connectivity index (χ1v) is 3.34. The van der Waals surface area contributed by atoms with E-state index in [1.54, 1.807) is 0 Å². The lowest BCUT2D eigenvalue weighted by atomic mass is 10.2. The summed E-state index contributed by atoms with van der Waals surface area (Å²) in [6, 6.07) is 0.290. The first kappa shape index (κ1) is 10.3. The highest BCUT2D eigenvalue weighted by molar-refractivity contribution is 5.85. The standard InChI is InChI=1S/C7H4F3NO3/c8-2-1-3(12)5(6(9)10)11-4(2)7(13)14/h1,6,12H,(H,13,14). The molecule has 76 valence electrons. The second kappa shape index (κ2) is 3.52. The molecule has 0 aliphatic rings. The Bertz CT molecular complexity index is 381. The van der Waals surface area contributed by atoms with E-state index in [0.717, 1.165) is 0 Å². The minimum absolute atomic E-state index is 0.290. The lowest BCUT2D eigenvalue weighted by Gasteiger charge is -2.04. The molecule has 2 N–H and O–H groups in total. The number of carbonyl (C=O) groups is 1. The molecule has 0 bridgehead atoms. The Hall–Kier alpha value is -1.79. The normalized spacial score (nSPS) is 10.6. The van der Waals surface area contributed by atoms with Crippen molar-refractivity contribution in [3.05, 3.63) is 23.3 Å². The van der Waals surface area contributed by atoms with Crippen LogP contribution in [0.25, 0.3) is 0 Å². The number of hydrogen-bond acceptors (Lipinski definition) is 3. The van der Waals surface area contributed by atoms with Crippen molar-refractivity contribution in [2.24, 2.45) is 0 Å². The molecule has 1 aromatic heterocycles. The lowest BCUT2D eigenvalue weighted by molar-refractivity contribution is 0.0682. The van der Waals surface area contributed by atoms with Crippen LogP contribution in [0.3, 0.4) is 0 Å². The molecular weight excluding hydrogens is 203 g/mol. The zero-order chi connectivity index (χ0) is 10.9. The number of aromatic nitrogens is 1. The highest BCUT2D eigenvalue weighted by Crippen LogP contribution is 2.27. The van der Waals surface area contributed by atoms with Gasteiger partial charge < -0.3 is 10.2 Å². The average Bonchev–Trinajstić information content (AvgIpc) is 2.02. The van der Waals surface area contributed by atoms with Gasteiger partial charge in [0.05, 0.1) is 0 Å². The first-order valence-electron chi connectivity index (χ1n) is 3.34. The van der Waals surface area contributed by atoms with Crippen molar-refractivity contribution in [3.8, 4) is 5.75 Å². The zero-order valence-corrected chi connectivity index (χ0v) is 6.54. The molecule has 0 fully saturated rings. The third-order valence-corrected chi connectivity index (χ3v) is 1.39. The highest BCUT2D eigenvalue weighted by Gasteiger charge is 2.21. The van der Waals surface area contributed by atoms with Crippen LogP contribution in [0.5, 0.6) is 5.75 Å². The molecule has 0 atom stereocenters. The number of halogens is 3. The van der Waals surface area contributed by atoms with E-state index in [9.17, 15) is 18.0 Å². The fourth-order valence-electron chi connectivity index (χ4n) is 0.804. The van der Waals surface area contributed by atoms with Crippen molar-refractivity contribution in [1.29, 1.82) is 0 Å².